The fourth-order valence-electron chi connectivity index (χ4n) is 2.65. The van der Waals surface area contributed by atoms with Crippen LogP contribution in [0.25, 0.3) is 0 Å². The van der Waals surface area contributed by atoms with Crippen molar-refractivity contribution in [3.8, 4) is 11.5 Å². The monoisotopic (exact) mass is 403 g/mol. The summed E-state index contributed by atoms with van der Waals surface area (Å²) in [4.78, 5) is 11.8. The third-order valence-corrected chi connectivity index (χ3v) is 4.20. The number of carbonyl (C=O) groups excluding carboxylic acids is 1. The molecule has 6 nitrogen and oxygen atoms in total. The van der Waals surface area contributed by atoms with Gasteiger partial charge in [-0.3, -0.25) is 0 Å². The summed E-state index contributed by atoms with van der Waals surface area (Å²) in [5.74, 6) is 1.69. The van der Waals surface area contributed by atoms with E-state index in [2.05, 4.69) is 15.8 Å². The number of carbonyl (C=O) groups is 1. The number of rotatable bonds is 9. The summed E-state index contributed by atoms with van der Waals surface area (Å²) in [7, 11) is 0. The van der Waals surface area contributed by atoms with Gasteiger partial charge in [0, 0.05) is 12.1 Å². The Morgan fingerprint density at radius 2 is 1.60 bits per heavy atom. The summed E-state index contributed by atoms with van der Waals surface area (Å²) in [6.45, 7) is 3.20. The molecule has 2 N–H and O–H groups in total. The maximum atomic E-state index is 11.8. The summed E-state index contributed by atoms with van der Waals surface area (Å²) in [6, 6.07) is 24.2. The Balaban J connectivity index is 1.34. The largest absolute Gasteiger partial charge is 0.493 e. The molecule has 154 valence electrons. The van der Waals surface area contributed by atoms with E-state index in [4.69, 9.17) is 9.47 Å². The van der Waals surface area contributed by atoms with Crippen LogP contribution in [0.3, 0.4) is 0 Å². The quantitative estimate of drug-likeness (QED) is 0.300. The third-order valence-electron chi connectivity index (χ3n) is 4.20. The molecule has 0 spiro atoms. The van der Waals surface area contributed by atoms with Gasteiger partial charge in [0.15, 0.2) is 0 Å². The fourth-order valence-corrected chi connectivity index (χ4v) is 2.65. The highest BCUT2D eigenvalue weighted by Gasteiger charge is 2.00. The molecular weight excluding hydrogens is 378 g/mol. The maximum Gasteiger partial charge on any atom is 0.339 e. The molecule has 0 aromatic heterocycles. The zero-order valence-corrected chi connectivity index (χ0v) is 16.9. The molecule has 3 rings (SSSR count). The average molecular weight is 403 g/mol. The van der Waals surface area contributed by atoms with Crippen LogP contribution < -0.4 is 20.2 Å². The van der Waals surface area contributed by atoms with Crippen LogP contribution >= 0.6 is 0 Å². The van der Waals surface area contributed by atoms with Crippen LogP contribution in [0.15, 0.2) is 84.0 Å². The van der Waals surface area contributed by atoms with Gasteiger partial charge in [0.25, 0.3) is 0 Å². The number of benzene rings is 3. The molecule has 0 fully saturated rings. The number of hydrogen-bond acceptors (Lipinski definition) is 4. The number of hydrogen-bond donors (Lipinski definition) is 2. The molecule has 0 saturated carbocycles. The predicted molar refractivity (Wildman–Crippen MR) is 119 cm³/mol. The lowest BCUT2D eigenvalue weighted by molar-refractivity contribution is 0.246. The van der Waals surface area contributed by atoms with Gasteiger partial charge in [-0.25, -0.2) is 10.2 Å². The second-order valence-electron chi connectivity index (χ2n) is 6.58. The molecule has 0 aliphatic heterocycles. The molecule has 2 amide bonds. The molecular formula is C24H25N3O3. The smallest absolute Gasteiger partial charge is 0.339 e. The molecule has 0 atom stereocenters. The molecule has 0 heterocycles. The first-order valence-corrected chi connectivity index (χ1v) is 9.77. The molecule has 0 radical (unpaired) electrons. The van der Waals surface area contributed by atoms with Crippen LogP contribution in [-0.2, 0) is 0 Å². The average Bonchev–Trinajstić information content (AvgIpc) is 2.76. The first-order valence-electron chi connectivity index (χ1n) is 9.77. The number of hydrazone groups is 1. The van der Waals surface area contributed by atoms with E-state index in [0.717, 1.165) is 29.0 Å². The van der Waals surface area contributed by atoms with Gasteiger partial charge in [-0.15, -0.1) is 0 Å². The van der Waals surface area contributed by atoms with Crippen molar-refractivity contribution >= 4 is 17.9 Å². The SMILES string of the molecule is Cc1ccccc1OCCCOc1ccc(C=NNC(=O)Nc2ccccc2)cc1. The van der Waals surface area contributed by atoms with E-state index < -0.39 is 6.03 Å². The zero-order valence-electron chi connectivity index (χ0n) is 16.9. The Hall–Kier alpha value is -3.80. The van der Waals surface area contributed by atoms with Crippen molar-refractivity contribution in [2.75, 3.05) is 18.5 Å². The number of amides is 2. The van der Waals surface area contributed by atoms with Crippen molar-refractivity contribution in [3.63, 3.8) is 0 Å². The normalized spacial score (nSPS) is 10.6. The summed E-state index contributed by atoms with van der Waals surface area (Å²) in [6.07, 6.45) is 2.36. The van der Waals surface area contributed by atoms with Crippen molar-refractivity contribution in [2.45, 2.75) is 13.3 Å². The number of ether oxygens (including phenoxy) is 2. The summed E-state index contributed by atoms with van der Waals surface area (Å²) >= 11 is 0. The minimum absolute atomic E-state index is 0.398. The highest BCUT2D eigenvalue weighted by Crippen LogP contribution is 2.16. The van der Waals surface area contributed by atoms with Gasteiger partial charge in [0.2, 0.25) is 0 Å². The first kappa shape index (κ1) is 20.9. The van der Waals surface area contributed by atoms with Gasteiger partial charge in [-0.2, -0.15) is 5.10 Å². The lowest BCUT2D eigenvalue weighted by Crippen LogP contribution is -2.24. The van der Waals surface area contributed by atoms with Gasteiger partial charge < -0.3 is 14.8 Å². The zero-order chi connectivity index (χ0) is 21.0. The van der Waals surface area contributed by atoms with E-state index >= 15 is 0 Å². The Morgan fingerprint density at radius 3 is 2.37 bits per heavy atom. The number of nitrogens with zero attached hydrogens (tertiary/aromatic N) is 1. The van der Waals surface area contributed by atoms with Gasteiger partial charge in [0.1, 0.15) is 11.5 Å². The predicted octanol–water partition coefficient (Wildman–Crippen LogP) is 5.00. The number of anilines is 1. The van der Waals surface area contributed by atoms with E-state index in [9.17, 15) is 4.79 Å². The Bertz CT molecular complexity index is 957. The van der Waals surface area contributed by atoms with Gasteiger partial charge in [0.05, 0.1) is 19.4 Å². The van der Waals surface area contributed by atoms with Gasteiger partial charge in [-0.1, -0.05) is 36.4 Å². The second-order valence-corrected chi connectivity index (χ2v) is 6.58. The van der Waals surface area contributed by atoms with E-state index in [1.807, 2.05) is 73.7 Å². The fraction of sp³-hybridized carbons (Fsp3) is 0.167. The second kappa shape index (κ2) is 11.3. The molecule has 0 saturated heterocycles. The summed E-state index contributed by atoms with van der Waals surface area (Å²) in [5.41, 5.74) is 5.12. The molecule has 0 aliphatic carbocycles. The topological polar surface area (TPSA) is 72.0 Å². The van der Waals surface area contributed by atoms with Crippen molar-refractivity contribution in [1.29, 1.82) is 0 Å². The van der Waals surface area contributed by atoms with Crippen LogP contribution in [0.4, 0.5) is 10.5 Å². The molecule has 0 bridgehead atoms. The van der Waals surface area contributed by atoms with Gasteiger partial charge >= 0.3 is 6.03 Å². The lowest BCUT2D eigenvalue weighted by atomic mass is 10.2. The van der Waals surface area contributed by atoms with Crippen LogP contribution in [0.1, 0.15) is 17.5 Å². The Kier molecular flexibility index (Phi) is 7.85. The van der Waals surface area contributed by atoms with Crippen LogP contribution in [0.5, 0.6) is 11.5 Å². The Morgan fingerprint density at radius 1 is 0.900 bits per heavy atom. The Labute approximate surface area is 176 Å². The molecule has 0 aliphatic rings. The summed E-state index contributed by atoms with van der Waals surface area (Å²) in [5, 5.41) is 6.64. The van der Waals surface area contributed by atoms with Crippen molar-refractivity contribution in [2.24, 2.45) is 5.10 Å². The van der Waals surface area contributed by atoms with Gasteiger partial charge in [-0.05, 0) is 60.5 Å². The number of nitrogens with one attached hydrogen (secondary N) is 2. The first-order chi connectivity index (χ1) is 14.7. The number of aryl methyl sites for hydroxylation is 1. The standard InChI is InChI=1S/C24H25N3O3/c1-19-8-5-6-11-23(19)30-17-7-16-29-22-14-12-20(13-15-22)18-25-27-24(28)26-21-9-3-2-4-10-21/h2-6,8-15,18H,7,16-17H2,1H3,(H2,26,27,28). The van der Waals surface area contributed by atoms with E-state index in [1.54, 1.807) is 18.3 Å². The highest BCUT2D eigenvalue weighted by molar-refractivity contribution is 5.90. The van der Waals surface area contributed by atoms with Crippen molar-refractivity contribution < 1.29 is 14.3 Å². The van der Waals surface area contributed by atoms with E-state index in [-0.39, 0.29) is 0 Å². The molecule has 3 aromatic carbocycles. The summed E-state index contributed by atoms with van der Waals surface area (Å²) < 4.78 is 11.5. The van der Waals surface area contributed by atoms with Crippen LogP contribution in [0.2, 0.25) is 0 Å². The number of urea groups is 1. The third kappa shape index (κ3) is 6.98. The van der Waals surface area contributed by atoms with Crippen molar-refractivity contribution in [3.05, 3.63) is 90.0 Å². The van der Waals surface area contributed by atoms with Crippen LogP contribution in [-0.4, -0.2) is 25.5 Å². The molecule has 6 heteroatoms. The molecule has 3 aromatic rings. The maximum absolute atomic E-state index is 11.8. The molecule has 30 heavy (non-hydrogen) atoms. The highest BCUT2D eigenvalue weighted by atomic mass is 16.5. The van der Waals surface area contributed by atoms with E-state index in [1.165, 1.54) is 0 Å². The van der Waals surface area contributed by atoms with E-state index in [0.29, 0.717) is 18.9 Å². The number of para-hydroxylation sites is 2. The minimum atomic E-state index is -0.398. The van der Waals surface area contributed by atoms with Crippen molar-refractivity contribution in [1.82, 2.24) is 5.43 Å². The van der Waals surface area contributed by atoms with Crippen LogP contribution in [0, 0.1) is 6.92 Å². The lowest BCUT2D eigenvalue weighted by Gasteiger charge is -2.09. The minimum Gasteiger partial charge on any atom is -0.493 e. The molecule has 0 unspecified atom stereocenters.